The van der Waals surface area contributed by atoms with Gasteiger partial charge in [-0.3, -0.25) is 8.97 Å². The van der Waals surface area contributed by atoms with E-state index < -0.39 is 21.8 Å². The van der Waals surface area contributed by atoms with Crippen LogP contribution in [-0.2, 0) is 9.84 Å². The molecular formula is C32H38N2O6S+2. The Morgan fingerprint density at radius 2 is 0.756 bits per heavy atom. The van der Waals surface area contributed by atoms with Gasteiger partial charge < -0.3 is 10.2 Å². The van der Waals surface area contributed by atoms with Crippen LogP contribution in [0.5, 0.6) is 0 Å². The molecule has 4 aromatic carbocycles. The molecule has 0 amide bonds. The highest BCUT2D eigenvalue weighted by atomic mass is 32.2. The number of hydrogen-bond donors (Lipinski definition) is 2. The van der Waals surface area contributed by atoms with Crippen molar-refractivity contribution >= 4 is 33.2 Å². The summed E-state index contributed by atoms with van der Waals surface area (Å²) in [4.78, 5) is 21.3. The molecule has 9 heteroatoms. The van der Waals surface area contributed by atoms with E-state index in [1.165, 1.54) is 59.9 Å². The summed E-state index contributed by atoms with van der Waals surface area (Å²) in [7, 11) is 9.16. The Kier molecular flexibility index (Phi) is 11.1. The molecular weight excluding hydrogens is 540 g/mol. The zero-order valence-corrected chi connectivity index (χ0v) is 25.0. The van der Waals surface area contributed by atoms with Crippen molar-refractivity contribution in [2.45, 2.75) is 9.79 Å². The van der Waals surface area contributed by atoms with Gasteiger partial charge in [0.25, 0.3) is 0 Å². The third kappa shape index (κ3) is 9.99. The minimum atomic E-state index is -3.81. The van der Waals surface area contributed by atoms with Gasteiger partial charge in [0.05, 0.1) is 63.2 Å². The van der Waals surface area contributed by atoms with E-state index in [4.69, 9.17) is 10.2 Å². The molecule has 0 aliphatic carbocycles. The third-order valence-corrected chi connectivity index (χ3v) is 7.67. The van der Waals surface area contributed by atoms with Crippen molar-refractivity contribution in [3.63, 3.8) is 0 Å². The fourth-order valence-corrected chi connectivity index (χ4v) is 4.70. The average molecular weight is 579 g/mol. The van der Waals surface area contributed by atoms with Crippen LogP contribution in [0.3, 0.4) is 0 Å². The highest BCUT2D eigenvalue weighted by Gasteiger charge is 2.18. The first-order chi connectivity index (χ1) is 19.0. The number of aromatic carboxylic acids is 2. The van der Waals surface area contributed by atoms with Crippen LogP contribution in [0.1, 0.15) is 20.7 Å². The Labute approximate surface area is 242 Å². The average Bonchev–Trinajstić information content (AvgIpc) is 2.94. The summed E-state index contributed by atoms with van der Waals surface area (Å²) in [6.45, 7) is 0. The zero-order valence-electron chi connectivity index (χ0n) is 24.2. The quantitative estimate of drug-likeness (QED) is 0.285. The summed E-state index contributed by atoms with van der Waals surface area (Å²) < 4.78 is 26.4. The van der Waals surface area contributed by atoms with E-state index in [1.807, 2.05) is 12.1 Å². The summed E-state index contributed by atoms with van der Waals surface area (Å²) in [5.41, 5.74) is 2.63. The van der Waals surface area contributed by atoms with E-state index in [0.717, 1.165) is 8.97 Å². The van der Waals surface area contributed by atoms with Crippen LogP contribution >= 0.6 is 0 Å². The summed E-state index contributed by atoms with van der Waals surface area (Å²) in [5.74, 6) is -2.30. The number of carboxylic acid groups (broad SMARTS) is 2. The van der Waals surface area contributed by atoms with E-state index in [2.05, 4.69) is 90.8 Å². The number of carboxylic acids is 2. The monoisotopic (exact) mass is 578 g/mol. The molecule has 0 fully saturated rings. The van der Waals surface area contributed by atoms with Crippen molar-refractivity contribution in [1.29, 1.82) is 0 Å². The minimum absolute atomic E-state index is 0.0184. The maximum absolute atomic E-state index is 12.3. The first-order valence-corrected chi connectivity index (χ1v) is 14.2. The second kappa shape index (κ2) is 13.8. The molecule has 0 saturated heterocycles. The molecule has 0 heterocycles. The summed E-state index contributed by atoms with van der Waals surface area (Å²) in [6.07, 6.45) is 0. The van der Waals surface area contributed by atoms with E-state index in [9.17, 15) is 18.0 Å². The van der Waals surface area contributed by atoms with Crippen molar-refractivity contribution in [2.24, 2.45) is 0 Å². The predicted molar refractivity (Wildman–Crippen MR) is 164 cm³/mol. The molecule has 0 radical (unpaired) electrons. The fraction of sp³-hybridized carbons (Fsp3) is 0.188. The minimum Gasteiger partial charge on any atom is -0.478 e. The van der Waals surface area contributed by atoms with Crippen molar-refractivity contribution in [3.05, 3.63) is 120 Å². The molecule has 0 aliphatic rings. The van der Waals surface area contributed by atoms with Gasteiger partial charge in [-0.15, -0.1) is 0 Å². The molecule has 4 rings (SSSR count). The molecule has 0 aliphatic heterocycles. The van der Waals surface area contributed by atoms with E-state index in [1.54, 1.807) is 0 Å². The van der Waals surface area contributed by atoms with Crippen LogP contribution in [0, 0.1) is 0 Å². The van der Waals surface area contributed by atoms with Crippen LogP contribution in [-0.4, -0.2) is 72.9 Å². The van der Waals surface area contributed by atoms with E-state index in [0.29, 0.717) is 0 Å². The van der Waals surface area contributed by atoms with Crippen LogP contribution < -0.4 is 8.97 Å². The first kappa shape index (κ1) is 32.9. The molecule has 0 saturated carbocycles. The van der Waals surface area contributed by atoms with Gasteiger partial charge in [-0.1, -0.05) is 36.4 Å². The number of quaternary nitrogens is 2. The van der Waals surface area contributed by atoms with Crippen LogP contribution in [0.2, 0.25) is 0 Å². The maximum Gasteiger partial charge on any atom is 0.335 e. The van der Waals surface area contributed by atoms with Crippen LogP contribution in [0.15, 0.2) is 119 Å². The number of rotatable bonds is 6. The summed E-state index contributed by atoms with van der Waals surface area (Å²) >= 11 is 0. The Morgan fingerprint density at radius 1 is 0.488 bits per heavy atom. The number of carbonyl (C=O) groups is 2. The smallest absolute Gasteiger partial charge is 0.335 e. The SMILES string of the molecule is C[N+](C)(C)c1ccccc1.C[N+](C)(C)c1ccccc1.O=C(O)c1ccc(S(=O)(=O)c2ccc(C(=O)O)cc2)cc1. The lowest BCUT2D eigenvalue weighted by Crippen LogP contribution is -2.34. The van der Waals surface area contributed by atoms with Crippen LogP contribution in [0.4, 0.5) is 11.4 Å². The Bertz CT molecular complexity index is 1410. The topological polar surface area (TPSA) is 109 Å². The molecule has 216 valence electrons. The fourth-order valence-electron chi connectivity index (χ4n) is 3.44. The summed E-state index contributed by atoms with van der Waals surface area (Å²) in [5, 5.41) is 17.5. The van der Waals surface area contributed by atoms with Crippen molar-refractivity contribution < 1.29 is 28.2 Å². The Balaban J connectivity index is 0.000000244. The molecule has 4 aromatic rings. The Hall–Kier alpha value is -4.31. The van der Waals surface area contributed by atoms with Gasteiger partial charge in [-0.25, -0.2) is 18.0 Å². The molecule has 2 N–H and O–H groups in total. The lowest BCUT2D eigenvalue weighted by molar-refractivity contribution is 0.0686. The largest absolute Gasteiger partial charge is 0.478 e. The maximum atomic E-state index is 12.3. The van der Waals surface area contributed by atoms with Crippen LogP contribution in [0.25, 0.3) is 0 Å². The summed E-state index contributed by atoms with van der Waals surface area (Å²) in [6, 6.07) is 30.5. The van der Waals surface area contributed by atoms with Gasteiger partial charge >= 0.3 is 11.9 Å². The van der Waals surface area contributed by atoms with Gasteiger partial charge in [0.15, 0.2) is 0 Å². The van der Waals surface area contributed by atoms with Gasteiger partial charge in [0.2, 0.25) is 9.84 Å². The number of nitrogens with zero attached hydrogens (tertiary/aromatic N) is 2. The van der Waals surface area contributed by atoms with E-state index in [-0.39, 0.29) is 20.9 Å². The second-order valence-electron chi connectivity index (χ2n) is 10.9. The number of para-hydroxylation sites is 2. The number of benzene rings is 4. The van der Waals surface area contributed by atoms with Crippen molar-refractivity contribution in [3.8, 4) is 0 Å². The highest BCUT2D eigenvalue weighted by Crippen LogP contribution is 2.22. The molecule has 0 aromatic heterocycles. The molecule has 0 bridgehead atoms. The third-order valence-electron chi connectivity index (χ3n) is 5.88. The van der Waals surface area contributed by atoms with Gasteiger partial charge in [0, 0.05) is 0 Å². The first-order valence-electron chi connectivity index (χ1n) is 12.7. The van der Waals surface area contributed by atoms with Gasteiger partial charge in [-0.2, -0.15) is 0 Å². The predicted octanol–water partition coefficient (Wildman–Crippen LogP) is 5.68. The lowest BCUT2D eigenvalue weighted by Gasteiger charge is -2.22. The molecule has 41 heavy (non-hydrogen) atoms. The molecule has 0 atom stereocenters. The molecule has 0 spiro atoms. The number of hydrogen-bond acceptors (Lipinski definition) is 4. The number of sulfone groups is 1. The lowest BCUT2D eigenvalue weighted by atomic mass is 10.2. The van der Waals surface area contributed by atoms with E-state index >= 15 is 0 Å². The molecule has 0 unspecified atom stereocenters. The van der Waals surface area contributed by atoms with Gasteiger partial charge in [0.1, 0.15) is 11.4 Å². The normalized spacial score (nSPS) is 11.3. The van der Waals surface area contributed by atoms with Crippen molar-refractivity contribution in [2.75, 3.05) is 42.3 Å². The second-order valence-corrected chi connectivity index (χ2v) is 12.8. The van der Waals surface area contributed by atoms with Crippen molar-refractivity contribution in [1.82, 2.24) is 8.97 Å². The Morgan fingerprint density at radius 3 is 0.951 bits per heavy atom. The standard InChI is InChI=1S/C14H10O6S.2C9H14N/c15-13(16)9-1-5-11(6-2-9)21(19,20)12-7-3-10(4-8-12)14(17)18;2*1-10(2,3)9-7-5-4-6-8-9/h1-8H,(H,15,16)(H,17,18);2*4-8H,1-3H3/q;2*+1. The van der Waals surface area contributed by atoms with Gasteiger partial charge in [-0.05, 0) is 72.8 Å². The molecule has 8 nitrogen and oxygen atoms in total. The highest BCUT2D eigenvalue weighted by molar-refractivity contribution is 7.91. The zero-order chi connectivity index (χ0) is 30.8.